The highest BCUT2D eigenvalue weighted by Crippen LogP contribution is 1.83. The van der Waals surface area contributed by atoms with Crippen LogP contribution in [0.5, 0.6) is 0 Å². The minimum atomic E-state index is 2.00. The molecule has 0 fully saturated rings. The first kappa shape index (κ1) is 12.0. The van der Waals surface area contributed by atoms with Crippen LogP contribution in [-0.2, 0) is 0 Å². The van der Waals surface area contributed by atoms with Crippen molar-refractivity contribution >= 4 is 0 Å². The Morgan fingerprint density at radius 3 is 1.40 bits per heavy atom. The fourth-order valence-corrected chi connectivity index (χ4v) is 0.520. The molecule has 0 saturated heterocycles. The molecule has 0 aromatic rings. The summed E-state index contributed by atoms with van der Waals surface area (Å²) in [6.45, 7) is 8.00. The van der Waals surface area contributed by atoms with E-state index in [0.29, 0.717) is 0 Å². The Balaban J connectivity index is 0. The van der Waals surface area contributed by atoms with Crippen molar-refractivity contribution in [1.29, 1.82) is 0 Å². The van der Waals surface area contributed by atoms with Gasteiger partial charge in [0.1, 0.15) is 0 Å². The highest BCUT2D eigenvalue weighted by atomic mass is 15.0. The third-order valence-electron chi connectivity index (χ3n) is 0.768. The summed E-state index contributed by atoms with van der Waals surface area (Å²) >= 11 is 0. The zero-order valence-corrected chi connectivity index (χ0v) is 7.76. The maximum absolute atomic E-state index is 2.00. The van der Waals surface area contributed by atoms with Crippen LogP contribution in [-0.4, -0.2) is 11.9 Å². The van der Waals surface area contributed by atoms with Gasteiger partial charge in [-0.15, -0.1) is 0 Å². The summed E-state index contributed by atoms with van der Waals surface area (Å²) in [5, 5.41) is 0. The lowest BCUT2D eigenvalue weighted by atomic mass is 10.6. The summed E-state index contributed by atoms with van der Waals surface area (Å²) in [4.78, 5) is 2.00. The first-order chi connectivity index (χ1) is 4.81. The van der Waals surface area contributed by atoms with Crippen molar-refractivity contribution in [3.05, 3.63) is 24.6 Å². The van der Waals surface area contributed by atoms with Crippen LogP contribution in [0.15, 0.2) is 24.6 Å². The van der Waals surface area contributed by atoms with E-state index in [4.69, 9.17) is 0 Å². The zero-order valence-electron chi connectivity index (χ0n) is 7.76. The van der Waals surface area contributed by atoms with E-state index in [1.54, 1.807) is 0 Å². The molecule has 0 aromatic heterocycles. The molecule has 0 unspecified atom stereocenters. The monoisotopic (exact) mass is 141 g/mol. The largest absolute Gasteiger partial charge is 0.358 e. The summed E-state index contributed by atoms with van der Waals surface area (Å²) in [6.07, 6.45) is 8.00. The van der Waals surface area contributed by atoms with Crippen molar-refractivity contribution in [3.63, 3.8) is 0 Å². The number of hydrogen-bond donors (Lipinski definition) is 0. The van der Waals surface area contributed by atoms with Gasteiger partial charge < -0.3 is 4.90 Å². The second kappa shape index (κ2) is 11.1. The molecule has 60 valence electrons. The second-order valence-electron chi connectivity index (χ2n) is 1.63. The van der Waals surface area contributed by atoms with E-state index >= 15 is 0 Å². The molecule has 0 aromatic carbocycles. The smallest absolute Gasteiger partial charge is 0.0106 e. The molecule has 0 aliphatic rings. The first-order valence-electron chi connectivity index (χ1n) is 3.78. The lowest BCUT2D eigenvalue weighted by Crippen LogP contribution is -1.97. The molecular formula is C9H19N. The Bertz CT molecular complexity index is 80.9. The van der Waals surface area contributed by atoms with Crippen LogP contribution in [0, 0.1) is 0 Å². The summed E-state index contributed by atoms with van der Waals surface area (Å²) in [5.41, 5.74) is 0. The van der Waals surface area contributed by atoms with Gasteiger partial charge in [0.25, 0.3) is 0 Å². The van der Waals surface area contributed by atoms with E-state index in [9.17, 15) is 0 Å². The third kappa shape index (κ3) is 10.3. The molecule has 0 amide bonds. The second-order valence-corrected chi connectivity index (χ2v) is 1.63. The number of hydrogen-bond acceptors (Lipinski definition) is 1. The fourth-order valence-electron chi connectivity index (χ4n) is 0.520. The van der Waals surface area contributed by atoms with Crippen molar-refractivity contribution in [2.45, 2.75) is 27.7 Å². The topological polar surface area (TPSA) is 3.24 Å². The van der Waals surface area contributed by atoms with Crippen LogP contribution >= 0.6 is 0 Å². The molecule has 0 aliphatic heterocycles. The molecule has 10 heavy (non-hydrogen) atoms. The van der Waals surface area contributed by atoms with E-state index < -0.39 is 0 Å². The first-order valence-corrected chi connectivity index (χ1v) is 3.78. The van der Waals surface area contributed by atoms with E-state index in [0.717, 1.165) is 0 Å². The van der Waals surface area contributed by atoms with Gasteiger partial charge in [-0.2, -0.15) is 0 Å². The lowest BCUT2D eigenvalue weighted by molar-refractivity contribution is 0.624. The quantitative estimate of drug-likeness (QED) is 0.571. The van der Waals surface area contributed by atoms with Gasteiger partial charge in [0, 0.05) is 7.05 Å². The standard InChI is InChI=1S/C7H13N.C2H6/c1-4-6-8(3)7-5-2;1-2/h4-7H,1-3H3;1-2H3/b6-4-,7-5-;. The van der Waals surface area contributed by atoms with Gasteiger partial charge in [-0.25, -0.2) is 0 Å². The number of allylic oxidation sites excluding steroid dienone is 2. The van der Waals surface area contributed by atoms with Gasteiger partial charge in [-0.05, 0) is 26.2 Å². The number of rotatable bonds is 2. The maximum atomic E-state index is 2.00. The maximum Gasteiger partial charge on any atom is 0.0106 e. The highest BCUT2D eigenvalue weighted by Gasteiger charge is 1.73. The molecule has 0 bridgehead atoms. The van der Waals surface area contributed by atoms with Crippen LogP contribution in [0.1, 0.15) is 27.7 Å². The molecule has 0 aliphatic carbocycles. The van der Waals surface area contributed by atoms with E-state index in [-0.39, 0.29) is 0 Å². The lowest BCUT2D eigenvalue weighted by Gasteiger charge is -2.03. The summed E-state index contributed by atoms with van der Waals surface area (Å²) in [5.74, 6) is 0. The Hall–Kier alpha value is -0.720. The van der Waals surface area contributed by atoms with Crippen molar-refractivity contribution in [2.24, 2.45) is 0 Å². The molecule has 0 N–H and O–H groups in total. The number of nitrogens with zero attached hydrogens (tertiary/aromatic N) is 1. The van der Waals surface area contributed by atoms with E-state index in [1.807, 2.05) is 64.2 Å². The molecule has 1 heteroatoms. The average Bonchev–Trinajstić information content (AvgIpc) is 1.93. The van der Waals surface area contributed by atoms with E-state index in [1.165, 1.54) is 0 Å². The summed E-state index contributed by atoms with van der Waals surface area (Å²) < 4.78 is 0. The van der Waals surface area contributed by atoms with Crippen LogP contribution in [0.4, 0.5) is 0 Å². The molecule has 0 heterocycles. The molecule has 0 saturated carbocycles. The van der Waals surface area contributed by atoms with Crippen LogP contribution in [0.3, 0.4) is 0 Å². The van der Waals surface area contributed by atoms with Gasteiger partial charge in [-0.1, -0.05) is 26.0 Å². The molecule has 0 rings (SSSR count). The zero-order chi connectivity index (χ0) is 8.41. The van der Waals surface area contributed by atoms with Crippen molar-refractivity contribution in [1.82, 2.24) is 4.90 Å². The predicted octanol–water partition coefficient (Wildman–Crippen LogP) is 3.01. The minimum Gasteiger partial charge on any atom is -0.358 e. The average molecular weight is 141 g/mol. The van der Waals surface area contributed by atoms with Gasteiger partial charge >= 0.3 is 0 Å². The van der Waals surface area contributed by atoms with Crippen LogP contribution in [0.25, 0.3) is 0 Å². The van der Waals surface area contributed by atoms with Crippen molar-refractivity contribution in [2.75, 3.05) is 7.05 Å². The van der Waals surface area contributed by atoms with Gasteiger partial charge in [-0.3, -0.25) is 0 Å². The Morgan fingerprint density at radius 2 is 1.20 bits per heavy atom. The predicted molar refractivity (Wildman–Crippen MR) is 48.7 cm³/mol. The molecule has 0 spiro atoms. The Kier molecular flexibility index (Phi) is 13.4. The summed E-state index contributed by atoms with van der Waals surface area (Å²) in [6, 6.07) is 0. The molecule has 0 atom stereocenters. The van der Waals surface area contributed by atoms with Gasteiger partial charge in [0.05, 0.1) is 0 Å². The van der Waals surface area contributed by atoms with Gasteiger partial charge in [0.15, 0.2) is 0 Å². The molecule has 0 radical (unpaired) electrons. The van der Waals surface area contributed by atoms with Gasteiger partial charge in [0.2, 0.25) is 0 Å². The molecule has 1 nitrogen and oxygen atoms in total. The van der Waals surface area contributed by atoms with Crippen LogP contribution in [0.2, 0.25) is 0 Å². The van der Waals surface area contributed by atoms with Crippen molar-refractivity contribution < 1.29 is 0 Å². The van der Waals surface area contributed by atoms with E-state index in [2.05, 4.69) is 0 Å². The van der Waals surface area contributed by atoms with Crippen molar-refractivity contribution in [3.8, 4) is 0 Å². The normalized spacial score (nSPS) is 9.70. The molecular weight excluding hydrogens is 122 g/mol. The fraction of sp³-hybridized carbons (Fsp3) is 0.556. The Morgan fingerprint density at radius 1 is 0.900 bits per heavy atom. The highest BCUT2D eigenvalue weighted by molar-refractivity contribution is 4.85. The SMILES string of the molecule is C/C=C\N(C)/C=C\C.CC. The van der Waals surface area contributed by atoms with Crippen LogP contribution < -0.4 is 0 Å². The third-order valence-corrected chi connectivity index (χ3v) is 0.768. The minimum absolute atomic E-state index is 2.00. The Labute approximate surface area is 65.0 Å². The summed E-state index contributed by atoms with van der Waals surface area (Å²) in [7, 11) is 2.00.